The lowest BCUT2D eigenvalue weighted by Gasteiger charge is -2.32. The van der Waals surface area contributed by atoms with Gasteiger partial charge in [-0.15, -0.1) is 0 Å². The van der Waals surface area contributed by atoms with E-state index >= 15 is 0 Å². The van der Waals surface area contributed by atoms with Crippen molar-refractivity contribution in [2.75, 3.05) is 13.1 Å². The number of amides is 1. The van der Waals surface area contributed by atoms with Crippen LogP contribution in [0.15, 0.2) is 47.5 Å². The van der Waals surface area contributed by atoms with Crippen LogP contribution >= 0.6 is 0 Å². The number of carbonyl (C=O) groups excluding carboxylic acids is 1. The number of aryl methyl sites for hydroxylation is 2. The van der Waals surface area contributed by atoms with Crippen molar-refractivity contribution in [1.29, 1.82) is 0 Å². The Hall–Kier alpha value is -2.42. The van der Waals surface area contributed by atoms with E-state index in [0.29, 0.717) is 5.92 Å². The number of carbonyl (C=O) groups is 1. The van der Waals surface area contributed by atoms with Gasteiger partial charge in [-0.25, -0.2) is 0 Å². The summed E-state index contributed by atoms with van der Waals surface area (Å²) in [6.07, 6.45) is 5.07. The molecule has 1 fully saturated rings. The zero-order valence-electron chi connectivity index (χ0n) is 16.0. The lowest BCUT2D eigenvalue weighted by Crippen LogP contribution is -2.39. The Kier molecular flexibility index (Phi) is 5.87. The van der Waals surface area contributed by atoms with Crippen molar-refractivity contribution in [3.05, 3.63) is 64.7 Å². The summed E-state index contributed by atoms with van der Waals surface area (Å²) in [5.74, 6) is 0.835. The molecule has 1 aliphatic heterocycles. The summed E-state index contributed by atoms with van der Waals surface area (Å²) in [5.41, 5.74) is 5.22. The fourth-order valence-electron chi connectivity index (χ4n) is 3.77. The molecule has 0 aromatic heterocycles. The third-order valence-corrected chi connectivity index (χ3v) is 5.31. The minimum Gasteiger partial charge on any atom is -0.339 e. The molecule has 26 heavy (non-hydrogen) atoms. The molecule has 0 radical (unpaired) electrons. The second kappa shape index (κ2) is 8.31. The number of benzene rings is 2. The molecule has 1 aliphatic rings. The van der Waals surface area contributed by atoms with E-state index in [1.807, 2.05) is 37.8 Å². The van der Waals surface area contributed by atoms with E-state index in [1.165, 1.54) is 5.56 Å². The minimum atomic E-state index is 0.163. The monoisotopic (exact) mass is 348 g/mol. The van der Waals surface area contributed by atoms with Crippen molar-refractivity contribution >= 4 is 17.8 Å². The standard InChI is InChI=1S/C23H28N2O/c1-4-24-22-15-17(2)21(14-18(22)3)23(26)25-12-10-20(11-13-25)16-19-8-6-5-7-9-19/h4-9,14-15,20H,10-13,16H2,1-3H3. The molecule has 1 heterocycles. The van der Waals surface area contributed by atoms with E-state index in [4.69, 9.17) is 0 Å². The highest BCUT2D eigenvalue weighted by atomic mass is 16.2. The smallest absolute Gasteiger partial charge is 0.254 e. The van der Waals surface area contributed by atoms with Crippen molar-refractivity contribution in [2.45, 2.75) is 40.0 Å². The molecular formula is C23H28N2O. The predicted octanol–water partition coefficient (Wildman–Crippen LogP) is 5.12. The van der Waals surface area contributed by atoms with E-state index in [2.05, 4.69) is 35.3 Å². The van der Waals surface area contributed by atoms with Gasteiger partial charge in [-0.05, 0) is 74.8 Å². The fraction of sp³-hybridized carbons (Fsp3) is 0.391. The van der Waals surface area contributed by atoms with Gasteiger partial charge in [0, 0.05) is 24.9 Å². The van der Waals surface area contributed by atoms with Crippen molar-refractivity contribution in [2.24, 2.45) is 10.9 Å². The molecule has 3 nitrogen and oxygen atoms in total. The molecule has 2 aromatic rings. The lowest BCUT2D eigenvalue weighted by molar-refractivity contribution is 0.0690. The van der Waals surface area contributed by atoms with Gasteiger partial charge in [-0.3, -0.25) is 9.79 Å². The van der Waals surface area contributed by atoms with Gasteiger partial charge >= 0.3 is 0 Å². The van der Waals surface area contributed by atoms with Gasteiger partial charge in [-0.2, -0.15) is 0 Å². The van der Waals surface area contributed by atoms with Crippen LogP contribution in [-0.2, 0) is 6.42 Å². The van der Waals surface area contributed by atoms with Crippen LogP contribution in [0.1, 0.15) is 46.8 Å². The maximum Gasteiger partial charge on any atom is 0.254 e. The van der Waals surface area contributed by atoms with E-state index in [-0.39, 0.29) is 5.91 Å². The highest BCUT2D eigenvalue weighted by Crippen LogP contribution is 2.27. The van der Waals surface area contributed by atoms with Crippen molar-refractivity contribution in [3.63, 3.8) is 0 Å². The molecule has 2 aromatic carbocycles. The summed E-state index contributed by atoms with van der Waals surface area (Å²) in [7, 11) is 0. The van der Waals surface area contributed by atoms with Crippen LogP contribution in [0.3, 0.4) is 0 Å². The van der Waals surface area contributed by atoms with Gasteiger partial charge in [0.25, 0.3) is 5.91 Å². The van der Waals surface area contributed by atoms with Crippen LogP contribution in [-0.4, -0.2) is 30.1 Å². The lowest BCUT2D eigenvalue weighted by atomic mass is 9.89. The molecule has 0 N–H and O–H groups in total. The fourth-order valence-corrected chi connectivity index (χ4v) is 3.77. The summed E-state index contributed by atoms with van der Waals surface area (Å²) in [5, 5.41) is 0. The third-order valence-electron chi connectivity index (χ3n) is 5.31. The summed E-state index contributed by atoms with van der Waals surface area (Å²) in [6, 6.07) is 14.7. The topological polar surface area (TPSA) is 32.7 Å². The molecular weight excluding hydrogens is 320 g/mol. The maximum atomic E-state index is 13.0. The predicted molar refractivity (Wildman–Crippen MR) is 109 cm³/mol. The number of nitrogens with zero attached hydrogens (tertiary/aromatic N) is 2. The molecule has 0 bridgehead atoms. The molecule has 3 heteroatoms. The van der Waals surface area contributed by atoms with E-state index < -0.39 is 0 Å². The Balaban J connectivity index is 1.64. The van der Waals surface area contributed by atoms with Gasteiger partial charge in [0.15, 0.2) is 0 Å². The van der Waals surface area contributed by atoms with Crippen LogP contribution < -0.4 is 0 Å². The van der Waals surface area contributed by atoms with E-state index in [9.17, 15) is 4.79 Å². The second-order valence-electron chi connectivity index (χ2n) is 7.27. The van der Waals surface area contributed by atoms with Crippen LogP contribution in [0.4, 0.5) is 5.69 Å². The van der Waals surface area contributed by atoms with E-state index in [0.717, 1.165) is 54.7 Å². The maximum absolute atomic E-state index is 13.0. The summed E-state index contributed by atoms with van der Waals surface area (Å²) in [6.45, 7) is 7.63. The average molecular weight is 348 g/mol. The first kappa shape index (κ1) is 18.4. The first-order valence-corrected chi connectivity index (χ1v) is 9.51. The van der Waals surface area contributed by atoms with Crippen molar-refractivity contribution < 1.29 is 4.79 Å². The normalized spacial score (nSPS) is 15.6. The molecule has 0 atom stereocenters. The third kappa shape index (κ3) is 4.21. The molecule has 0 saturated carbocycles. The minimum absolute atomic E-state index is 0.163. The van der Waals surface area contributed by atoms with Gasteiger partial charge in [0.2, 0.25) is 0 Å². The summed E-state index contributed by atoms with van der Waals surface area (Å²) >= 11 is 0. The van der Waals surface area contributed by atoms with Crippen molar-refractivity contribution in [1.82, 2.24) is 4.90 Å². The molecule has 0 unspecified atom stereocenters. The first-order chi connectivity index (χ1) is 12.6. The Bertz CT molecular complexity index is 787. The molecule has 0 aliphatic carbocycles. The van der Waals surface area contributed by atoms with Crippen LogP contribution in [0.25, 0.3) is 0 Å². The zero-order chi connectivity index (χ0) is 18.5. The zero-order valence-corrected chi connectivity index (χ0v) is 16.0. The van der Waals surface area contributed by atoms with E-state index in [1.54, 1.807) is 6.21 Å². The van der Waals surface area contributed by atoms with Crippen LogP contribution in [0, 0.1) is 19.8 Å². The quantitative estimate of drug-likeness (QED) is 0.706. The van der Waals surface area contributed by atoms with Gasteiger partial charge in [0.1, 0.15) is 0 Å². The second-order valence-corrected chi connectivity index (χ2v) is 7.27. The van der Waals surface area contributed by atoms with Crippen molar-refractivity contribution in [3.8, 4) is 0 Å². The van der Waals surface area contributed by atoms with Gasteiger partial charge in [0.05, 0.1) is 5.69 Å². The largest absolute Gasteiger partial charge is 0.339 e. The first-order valence-electron chi connectivity index (χ1n) is 9.51. The van der Waals surface area contributed by atoms with Gasteiger partial charge < -0.3 is 4.90 Å². The number of piperidine rings is 1. The molecule has 3 rings (SSSR count). The molecule has 1 amide bonds. The van der Waals surface area contributed by atoms with Crippen LogP contribution in [0.2, 0.25) is 0 Å². The average Bonchev–Trinajstić information content (AvgIpc) is 2.65. The van der Waals surface area contributed by atoms with Crippen LogP contribution in [0.5, 0.6) is 0 Å². The number of likely N-dealkylation sites (tertiary alicyclic amines) is 1. The molecule has 0 spiro atoms. The Labute approximate surface area is 156 Å². The number of hydrogen-bond acceptors (Lipinski definition) is 2. The Morgan fingerprint density at radius 2 is 1.81 bits per heavy atom. The Morgan fingerprint density at radius 3 is 2.46 bits per heavy atom. The Morgan fingerprint density at radius 1 is 1.12 bits per heavy atom. The summed E-state index contributed by atoms with van der Waals surface area (Å²) < 4.78 is 0. The summed E-state index contributed by atoms with van der Waals surface area (Å²) in [4.78, 5) is 19.4. The number of aliphatic imine (C=N–C) groups is 1. The molecule has 1 saturated heterocycles. The SMILES string of the molecule is CC=Nc1cc(C)c(C(=O)N2CCC(Cc3ccccc3)CC2)cc1C. The number of hydrogen-bond donors (Lipinski definition) is 0. The number of rotatable bonds is 4. The van der Waals surface area contributed by atoms with Gasteiger partial charge in [-0.1, -0.05) is 30.3 Å². The molecule has 136 valence electrons. The highest BCUT2D eigenvalue weighted by Gasteiger charge is 2.25. The highest BCUT2D eigenvalue weighted by molar-refractivity contribution is 5.96.